The summed E-state index contributed by atoms with van der Waals surface area (Å²) in [6.45, 7) is 1.84. The van der Waals surface area contributed by atoms with Crippen LogP contribution < -0.4 is 0 Å². The molecule has 0 fully saturated rings. The van der Waals surface area contributed by atoms with Crippen LogP contribution in [0.15, 0.2) is 41.0 Å². The lowest BCUT2D eigenvalue weighted by Gasteiger charge is -2.06. The van der Waals surface area contributed by atoms with Crippen molar-refractivity contribution in [3.63, 3.8) is 0 Å². The molecular weight excluding hydrogens is 305 g/mol. The third-order valence-corrected chi connectivity index (χ3v) is 4.84. The molecule has 6 heteroatoms. The van der Waals surface area contributed by atoms with E-state index in [1.165, 1.54) is 41.6 Å². The number of nitrogens with zero attached hydrogens (tertiary/aromatic N) is 3. The van der Waals surface area contributed by atoms with Crippen LogP contribution in [0.5, 0.6) is 0 Å². The first kappa shape index (κ1) is 14.0. The summed E-state index contributed by atoms with van der Waals surface area (Å²) in [6, 6.07) is 8.55. The van der Waals surface area contributed by atoms with E-state index in [4.69, 9.17) is 5.26 Å². The van der Waals surface area contributed by atoms with Gasteiger partial charge in [0.15, 0.2) is 0 Å². The molecule has 0 aliphatic carbocycles. The minimum atomic E-state index is -0.262. The van der Waals surface area contributed by atoms with E-state index in [9.17, 15) is 4.39 Å². The number of thiophene rings is 1. The highest BCUT2D eigenvalue weighted by Crippen LogP contribution is 2.38. The van der Waals surface area contributed by atoms with Crippen molar-refractivity contribution >= 4 is 33.3 Å². The molecule has 2 aromatic heterocycles. The summed E-state index contributed by atoms with van der Waals surface area (Å²) in [7, 11) is 0. The summed E-state index contributed by atoms with van der Waals surface area (Å²) < 4.78 is 13.1. The van der Waals surface area contributed by atoms with Crippen molar-refractivity contribution in [1.29, 1.82) is 5.26 Å². The number of thioether (sulfide) groups is 1. The number of halogens is 1. The molecule has 1 aromatic carbocycles. The van der Waals surface area contributed by atoms with E-state index in [0.717, 1.165) is 26.4 Å². The average Bonchev–Trinajstić information content (AvgIpc) is 2.93. The maximum Gasteiger partial charge on any atom is 0.128 e. The molecule has 3 nitrogen and oxygen atoms in total. The van der Waals surface area contributed by atoms with Gasteiger partial charge in [0.1, 0.15) is 22.0 Å². The third kappa shape index (κ3) is 2.75. The number of hydrogen-bond acceptors (Lipinski definition) is 5. The SMILES string of the molecule is C[C@@H](C#N)Sc1ncnc2scc(-c3ccc(F)cc3)c12. The van der Waals surface area contributed by atoms with Crippen LogP contribution in [0.25, 0.3) is 21.3 Å². The highest BCUT2D eigenvalue weighted by atomic mass is 32.2. The van der Waals surface area contributed by atoms with Crippen LogP contribution in [0.4, 0.5) is 4.39 Å². The maximum absolute atomic E-state index is 13.1. The van der Waals surface area contributed by atoms with Gasteiger partial charge in [0, 0.05) is 10.9 Å². The fraction of sp³-hybridized carbons (Fsp3) is 0.133. The summed E-state index contributed by atoms with van der Waals surface area (Å²) >= 11 is 2.93. The Morgan fingerprint density at radius 2 is 2.05 bits per heavy atom. The molecule has 3 rings (SSSR count). The molecule has 0 saturated heterocycles. The second-order valence-corrected chi connectivity index (χ2v) is 6.59. The van der Waals surface area contributed by atoms with Crippen LogP contribution in [0.2, 0.25) is 0 Å². The average molecular weight is 315 g/mol. The minimum absolute atomic E-state index is 0.191. The number of hydrogen-bond donors (Lipinski definition) is 0. The summed E-state index contributed by atoms with van der Waals surface area (Å²) in [4.78, 5) is 9.45. The molecule has 104 valence electrons. The van der Waals surface area contributed by atoms with Gasteiger partial charge in [-0.3, -0.25) is 0 Å². The van der Waals surface area contributed by atoms with Gasteiger partial charge < -0.3 is 0 Å². The highest BCUT2D eigenvalue weighted by Gasteiger charge is 2.15. The Morgan fingerprint density at radius 3 is 2.76 bits per heavy atom. The van der Waals surface area contributed by atoms with Crippen molar-refractivity contribution in [1.82, 2.24) is 9.97 Å². The number of nitriles is 1. The molecule has 21 heavy (non-hydrogen) atoms. The summed E-state index contributed by atoms with van der Waals surface area (Å²) in [5, 5.41) is 12.5. The summed E-state index contributed by atoms with van der Waals surface area (Å²) in [5.41, 5.74) is 1.90. The van der Waals surface area contributed by atoms with Gasteiger partial charge in [-0.05, 0) is 24.6 Å². The summed E-state index contributed by atoms with van der Waals surface area (Å²) in [6.07, 6.45) is 1.51. The zero-order valence-electron chi connectivity index (χ0n) is 11.1. The molecule has 0 bridgehead atoms. The Balaban J connectivity index is 2.16. The zero-order chi connectivity index (χ0) is 14.8. The normalized spacial score (nSPS) is 12.2. The smallest absolute Gasteiger partial charge is 0.128 e. The van der Waals surface area contributed by atoms with Crippen LogP contribution >= 0.6 is 23.1 Å². The number of aromatic nitrogens is 2. The van der Waals surface area contributed by atoms with Crippen molar-refractivity contribution in [3.05, 3.63) is 41.8 Å². The first-order valence-corrected chi connectivity index (χ1v) is 7.99. The highest BCUT2D eigenvalue weighted by molar-refractivity contribution is 8.00. The Bertz CT molecular complexity index is 821. The van der Waals surface area contributed by atoms with Gasteiger partial charge in [-0.2, -0.15) is 5.26 Å². The summed E-state index contributed by atoms with van der Waals surface area (Å²) in [5.74, 6) is -0.262. The monoisotopic (exact) mass is 315 g/mol. The van der Waals surface area contributed by atoms with Crippen LogP contribution in [-0.2, 0) is 0 Å². The van der Waals surface area contributed by atoms with E-state index < -0.39 is 0 Å². The molecule has 1 atom stereocenters. The van der Waals surface area contributed by atoms with Crippen molar-refractivity contribution in [2.24, 2.45) is 0 Å². The fourth-order valence-electron chi connectivity index (χ4n) is 1.97. The van der Waals surface area contributed by atoms with Crippen molar-refractivity contribution in [2.75, 3.05) is 0 Å². The second-order valence-electron chi connectivity index (χ2n) is 4.40. The van der Waals surface area contributed by atoms with Crippen LogP contribution in [0, 0.1) is 17.1 Å². The van der Waals surface area contributed by atoms with E-state index in [2.05, 4.69) is 16.0 Å². The number of fused-ring (bicyclic) bond motifs is 1. The molecule has 0 amide bonds. The van der Waals surface area contributed by atoms with Crippen molar-refractivity contribution in [3.8, 4) is 17.2 Å². The van der Waals surface area contributed by atoms with Crippen LogP contribution in [0.1, 0.15) is 6.92 Å². The van der Waals surface area contributed by atoms with Crippen molar-refractivity contribution in [2.45, 2.75) is 17.2 Å². The van der Waals surface area contributed by atoms with Gasteiger partial charge in [-0.15, -0.1) is 11.3 Å². The molecule has 0 unspecified atom stereocenters. The van der Waals surface area contributed by atoms with E-state index >= 15 is 0 Å². The largest absolute Gasteiger partial charge is 0.229 e. The first-order chi connectivity index (χ1) is 10.2. The Labute approximate surface area is 129 Å². The fourth-order valence-corrected chi connectivity index (χ4v) is 3.77. The van der Waals surface area contributed by atoms with Gasteiger partial charge in [0.05, 0.1) is 16.7 Å². The number of benzene rings is 1. The molecule has 0 aliphatic rings. The van der Waals surface area contributed by atoms with Crippen LogP contribution in [-0.4, -0.2) is 15.2 Å². The number of rotatable bonds is 3. The predicted octanol–water partition coefficient (Wildman–Crippen LogP) is 4.50. The molecule has 3 aromatic rings. The Hall–Kier alpha value is -1.97. The molecule has 0 aliphatic heterocycles. The van der Waals surface area contributed by atoms with E-state index in [1.54, 1.807) is 12.1 Å². The molecule has 0 saturated carbocycles. The third-order valence-electron chi connectivity index (χ3n) is 2.96. The first-order valence-electron chi connectivity index (χ1n) is 6.23. The standard InChI is InChI=1S/C15H10FN3S2/c1-9(6-17)21-15-13-12(7-20-14(13)18-8-19-15)10-2-4-11(16)5-3-10/h2-5,7-9H,1H3/t9-/m0/s1. The van der Waals surface area contributed by atoms with Crippen molar-refractivity contribution < 1.29 is 4.39 Å². The van der Waals surface area contributed by atoms with E-state index in [0.29, 0.717) is 0 Å². The second kappa shape index (κ2) is 5.80. The molecule has 0 spiro atoms. The van der Waals surface area contributed by atoms with Gasteiger partial charge in [0.25, 0.3) is 0 Å². The maximum atomic E-state index is 13.1. The topological polar surface area (TPSA) is 49.6 Å². The van der Waals surface area contributed by atoms with Crippen LogP contribution in [0.3, 0.4) is 0 Å². The molecule has 0 radical (unpaired) electrons. The zero-order valence-corrected chi connectivity index (χ0v) is 12.7. The lowest BCUT2D eigenvalue weighted by molar-refractivity contribution is 0.628. The van der Waals surface area contributed by atoms with E-state index in [1.807, 2.05) is 12.3 Å². The molecule has 0 N–H and O–H groups in total. The Kier molecular flexibility index (Phi) is 3.86. The van der Waals surface area contributed by atoms with Gasteiger partial charge in [-0.1, -0.05) is 23.9 Å². The van der Waals surface area contributed by atoms with Gasteiger partial charge >= 0.3 is 0 Å². The lowest BCUT2D eigenvalue weighted by atomic mass is 10.1. The Morgan fingerprint density at radius 1 is 1.29 bits per heavy atom. The van der Waals surface area contributed by atoms with Gasteiger partial charge in [-0.25, -0.2) is 14.4 Å². The van der Waals surface area contributed by atoms with E-state index in [-0.39, 0.29) is 11.1 Å². The molecule has 2 heterocycles. The quantitative estimate of drug-likeness (QED) is 0.527. The minimum Gasteiger partial charge on any atom is -0.229 e. The lowest BCUT2D eigenvalue weighted by Crippen LogP contribution is -1.93. The van der Waals surface area contributed by atoms with Gasteiger partial charge in [0.2, 0.25) is 0 Å². The predicted molar refractivity (Wildman–Crippen MR) is 83.7 cm³/mol. The molecular formula is C15H10FN3S2.